The van der Waals surface area contributed by atoms with E-state index in [0.29, 0.717) is 28.2 Å². The summed E-state index contributed by atoms with van der Waals surface area (Å²) in [5, 5.41) is 15.7. The van der Waals surface area contributed by atoms with Crippen molar-refractivity contribution >= 4 is 35.0 Å². The van der Waals surface area contributed by atoms with Crippen molar-refractivity contribution in [1.29, 1.82) is 0 Å². The third-order valence-corrected chi connectivity index (χ3v) is 5.08. The average Bonchev–Trinajstić information content (AvgIpc) is 3.12. The van der Waals surface area contributed by atoms with E-state index in [1.54, 1.807) is 4.68 Å². The molecule has 0 saturated heterocycles. The maximum atomic E-state index is 12.4. The normalized spacial score (nSPS) is 10.7. The fourth-order valence-corrected chi connectivity index (χ4v) is 3.76. The summed E-state index contributed by atoms with van der Waals surface area (Å²) in [6, 6.07) is 11.3. The van der Waals surface area contributed by atoms with Gasteiger partial charge in [-0.25, -0.2) is 0 Å². The standard InChI is InChI=1S/C19H20ClN5O2S/c1-4-27-16-8-6-5-7-15(16)25-19(22-23-24-25)28-11-17(26)21-18-13(3)9-12(2)10-14(18)20/h5-10H,4,11H2,1-3H3,(H,21,26). The molecule has 1 heterocycles. The average molecular weight is 418 g/mol. The molecule has 0 spiro atoms. The highest BCUT2D eigenvalue weighted by molar-refractivity contribution is 7.99. The van der Waals surface area contributed by atoms with E-state index >= 15 is 0 Å². The van der Waals surface area contributed by atoms with Crippen LogP contribution in [0.25, 0.3) is 5.69 Å². The van der Waals surface area contributed by atoms with Crippen molar-refractivity contribution in [2.45, 2.75) is 25.9 Å². The van der Waals surface area contributed by atoms with Crippen LogP contribution in [0.2, 0.25) is 5.02 Å². The van der Waals surface area contributed by atoms with Crippen LogP contribution < -0.4 is 10.1 Å². The number of tetrazole rings is 1. The summed E-state index contributed by atoms with van der Waals surface area (Å²) in [6.07, 6.45) is 0. The molecule has 1 aromatic heterocycles. The first kappa shape index (κ1) is 20.2. The number of thioether (sulfide) groups is 1. The van der Waals surface area contributed by atoms with Crippen LogP contribution in [0.3, 0.4) is 0 Å². The molecule has 0 aliphatic rings. The molecule has 9 heteroatoms. The molecular formula is C19H20ClN5O2S. The summed E-state index contributed by atoms with van der Waals surface area (Å²) in [4.78, 5) is 12.4. The van der Waals surface area contributed by atoms with Crippen LogP contribution in [0, 0.1) is 13.8 Å². The summed E-state index contributed by atoms with van der Waals surface area (Å²) in [6.45, 7) is 6.31. The number of benzene rings is 2. The lowest BCUT2D eigenvalue weighted by Crippen LogP contribution is -2.16. The molecule has 2 aromatic carbocycles. The second-order valence-corrected chi connectivity index (χ2v) is 7.40. The highest BCUT2D eigenvalue weighted by atomic mass is 35.5. The largest absolute Gasteiger partial charge is 0.492 e. The van der Waals surface area contributed by atoms with Gasteiger partial charge in [0.15, 0.2) is 0 Å². The number of para-hydroxylation sites is 2. The fourth-order valence-electron chi connectivity index (χ4n) is 2.71. The molecule has 1 amide bonds. The lowest BCUT2D eigenvalue weighted by molar-refractivity contribution is -0.113. The Morgan fingerprint density at radius 1 is 1.29 bits per heavy atom. The van der Waals surface area contributed by atoms with Crippen LogP contribution >= 0.6 is 23.4 Å². The first-order valence-electron chi connectivity index (χ1n) is 8.69. The van der Waals surface area contributed by atoms with Gasteiger partial charge in [0, 0.05) is 0 Å². The Bertz CT molecular complexity index is 969. The Balaban J connectivity index is 1.72. The van der Waals surface area contributed by atoms with Gasteiger partial charge in [0.05, 0.1) is 23.1 Å². The van der Waals surface area contributed by atoms with Crippen molar-refractivity contribution in [2.24, 2.45) is 0 Å². The summed E-state index contributed by atoms with van der Waals surface area (Å²) in [5.41, 5.74) is 3.30. The van der Waals surface area contributed by atoms with Crippen molar-refractivity contribution in [3.8, 4) is 11.4 Å². The molecule has 0 unspecified atom stereocenters. The zero-order valence-corrected chi connectivity index (χ0v) is 17.3. The van der Waals surface area contributed by atoms with E-state index in [9.17, 15) is 4.79 Å². The molecule has 3 aromatic rings. The Morgan fingerprint density at radius 3 is 2.82 bits per heavy atom. The summed E-state index contributed by atoms with van der Waals surface area (Å²) in [5.74, 6) is 0.623. The fraction of sp³-hybridized carbons (Fsp3) is 0.263. The van der Waals surface area contributed by atoms with Crippen LogP contribution in [0.5, 0.6) is 5.75 Å². The van der Waals surface area contributed by atoms with Crippen molar-refractivity contribution in [3.05, 3.63) is 52.5 Å². The molecule has 0 saturated carbocycles. The van der Waals surface area contributed by atoms with Gasteiger partial charge >= 0.3 is 0 Å². The molecule has 0 bridgehead atoms. The predicted molar refractivity (Wildman–Crippen MR) is 111 cm³/mol. The van der Waals surface area contributed by atoms with Crippen LogP contribution in [0.15, 0.2) is 41.6 Å². The third kappa shape index (κ3) is 4.63. The Kier molecular flexibility index (Phi) is 6.53. The number of aromatic nitrogens is 4. The minimum absolute atomic E-state index is 0.140. The maximum Gasteiger partial charge on any atom is 0.234 e. The number of nitrogens with zero attached hydrogens (tertiary/aromatic N) is 4. The van der Waals surface area contributed by atoms with Gasteiger partial charge in [-0.3, -0.25) is 4.79 Å². The van der Waals surface area contributed by atoms with Gasteiger partial charge < -0.3 is 10.1 Å². The number of hydrogen-bond donors (Lipinski definition) is 1. The van der Waals surface area contributed by atoms with Crippen molar-refractivity contribution in [3.63, 3.8) is 0 Å². The van der Waals surface area contributed by atoms with Crippen molar-refractivity contribution < 1.29 is 9.53 Å². The predicted octanol–water partition coefficient (Wildman–Crippen LogP) is 4.06. The number of hydrogen-bond acceptors (Lipinski definition) is 6. The summed E-state index contributed by atoms with van der Waals surface area (Å²) < 4.78 is 7.20. The first-order valence-corrected chi connectivity index (χ1v) is 10.1. The number of ether oxygens (including phenoxy) is 1. The van der Waals surface area contributed by atoms with Gasteiger partial charge in [0.1, 0.15) is 11.4 Å². The lowest BCUT2D eigenvalue weighted by atomic mass is 10.1. The second kappa shape index (κ2) is 9.07. The van der Waals surface area contributed by atoms with Gasteiger partial charge in [-0.15, -0.1) is 5.10 Å². The molecule has 0 fully saturated rings. The number of carbonyl (C=O) groups is 1. The SMILES string of the molecule is CCOc1ccccc1-n1nnnc1SCC(=O)Nc1c(C)cc(C)cc1Cl. The van der Waals surface area contributed by atoms with E-state index in [0.717, 1.165) is 16.8 Å². The number of rotatable bonds is 7. The zero-order chi connectivity index (χ0) is 20.1. The van der Waals surface area contributed by atoms with Crippen LogP contribution in [0.1, 0.15) is 18.1 Å². The van der Waals surface area contributed by atoms with E-state index in [2.05, 4.69) is 20.8 Å². The van der Waals surface area contributed by atoms with Crippen LogP contribution in [-0.2, 0) is 4.79 Å². The van der Waals surface area contributed by atoms with E-state index in [4.69, 9.17) is 16.3 Å². The van der Waals surface area contributed by atoms with Gasteiger partial charge in [-0.05, 0) is 60.5 Å². The van der Waals surface area contributed by atoms with Gasteiger partial charge in [-0.1, -0.05) is 41.6 Å². The zero-order valence-electron chi connectivity index (χ0n) is 15.8. The van der Waals surface area contributed by atoms with Crippen molar-refractivity contribution in [2.75, 3.05) is 17.7 Å². The quantitative estimate of drug-likeness (QED) is 0.584. The third-order valence-electron chi connectivity index (χ3n) is 3.86. The molecule has 0 radical (unpaired) electrons. The van der Waals surface area contributed by atoms with Gasteiger partial charge in [0.2, 0.25) is 11.1 Å². The first-order chi connectivity index (χ1) is 13.5. The topological polar surface area (TPSA) is 81.9 Å². The molecule has 7 nitrogen and oxygen atoms in total. The lowest BCUT2D eigenvalue weighted by Gasteiger charge is -2.12. The number of carbonyl (C=O) groups excluding carboxylic acids is 1. The molecule has 0 aliphatic carbocycles. The molecule has 0 aliphatic heterocycles. The monoisotopic (exact) mass is 417 g/mol. The number of nitrogens with one attached hydrogen (secondary N) is 1. The van der Waals surface area contributed by atoms with Gasteiger partial charge in [0.25, 0.3) is 0 Å². The summed E-state index contributed by atoms with van der Waals surface area (Å²) in [7, 11) is 0. The second-order valence-electron chi connectivity index (χ2n) is 6.05. The number of amides is 1. The van der Waals surface area contributed by atoms with Gasteiger partial charge in [-0.2, -0.15) is 4.68 Å². The van der Waals surface area contributed by atoms with E-state index in [1.165, 1.54) is 11.8 Å². The molecule has 1 N–H and O–H groups in total. The minimum Gasteiger partial charge on any atom is -0.492 e. The molecule has 3 rings (SSSR count). The smallest absolute Gasteiger partial charge is 0.234 e. The number of halogens is 1. The minimum atomic E-state index is -0.188. The Hall–Kier alpha value is -2.58. The highest BCUT2D eigenvalue weighted by Crippen LogP contribution is 2.29. The highest BCUT2D eigenvalue weighted by Gasteiger charge is 2.16. The van der Waals surface area contributed by atoms with Crippen LogP contribution in [0.4, 0.5) is 5.69 Å². The van der Waals surface area contributed by atoms with E-state index in [1.807, 2.05) is 57.2 Å². The number of aryl methyl sites for hydroxylation is 2. The van der Waals surface area contributed by atoms with E-state index < -0.39 is 0 Å². The molecule has 28 heavy (non-hydrogen) atoms. The maximum absolute atomic E-state index is 12.4. The Labute approximate surface area is 172 Å². The molecule has 146 valence electrons. The van der Waals surface area contributed by atoms with E-state index in [-0.39, 0.29) is 11.7 Å². The number of anilines is 1. The summed E-state index contributed by atoms with van der Waals surface area (Å²) >= 11 is 7.49. The molecular weight excluding hydrogens is 398 g/mol. The molecule has 0 atom stereocenters. The Morgan fingerprint density at radius 2 is 2.07 bits per heavy atom. The van der Waals surface area contributed by atoms with Crippen molar-refractivity contribution in [1.82, 2.24) is 20.2 Å². The van der Waals surface area contributed by atoms with Crippen LogP contribution in [-0.4, -0.2) is 38.5 Å².